The van der Waals surface area contributed by atoms with Gasteiger partial charge in [0.05, 0.1) is 37.1 Å². The molecular weight excluding hydrogens is 1160 g/mol. The Morgan fingerprint density at radius 2 is 0.667 bits per heavy atom. The van der Waals surface area contributed by atoms with E-state index in [1.807, 2.05) is 51.3 Å². The molecule has 0 saturated carbocycles. The predicted molar refractivity (Wildman–Crippen MR) is 388 cm³/mol. The number of hydrogen-bond donors (Lipinski definition) is 0. The van der Waals surface area contributed by atoms with Crippen LogP contribution < -0.4 is 0 Å². The van der Waals surface area contributed by atoms with Crippen molar-refractivity contribution >= 4 is 17.7 Å². The lowest BCUT2D eigenvalue weighted by Gasteiger charge is -2.39. The fourth-order valence-electron chi connectivity index (χ4n) is 15.1. The van der Waals surface area contributed by atoms with Crippen molar-refractivity contribution in [2.45, 2.75) is 245 Å². The van der Waals surface area contributed by atoms with Gasteiger partial charge in [0.2, 0.25) is 17.7 Å². The molecule has 93 heavy (non-hydrogen) atoms. The summed E-state index contributed by atoms with van der Waals surface area (Å²) in [5, 5.41) is 0. The van der Waals surface area contributed by atoms with E-state index < -0.39 is 0 Å². The molecule has 8 aliphatic heterocycles. The standard InChI is InChI=1S/C20H38N2O2.C20H40N2O.C19H37N3O2.C18H35N3O/c1-16(2)6-5-11-21-12-7-18(8-13-21)24-19-9-14-22(15-10-19)20(23)17(3)4;1-17(2)6-11-21-12-7-18(8-13-21)23-19-9-14-22(15-10-19)16-20(3,4)5;1-16(2)15-21-11-9-20(10-12-21)13-14-24-18-5-7-22(8-6-18)19(23)17(3)4;1-15(2)13-19-9-11-20(12-10-19)14-17-5-7-21(8-6-17)18(22)16(3)4/h16-19H,5-15H2,1-4H3;17-19H,6-16H2,1-5H3;16-18H,5-15H2,1-4H3;15-17H,5-14H2,1-4H3. The molecule has 16 nitrogen and oxygen atoms in total. The van der Waals surface area contributed by atoms with E-state index in [0.717, 1.165) is 121 Å². The molecule has 544 valence electrons. The van der Waals surface area contributed by atoms with Crippen LogP contribution in [-0.4, -0.2) is 281 Å². The first kappa shape index (κ1) is 81.7. The van der Waals surface area contributed by atoms with Gasteiger partial charge in [-0.25, -0.2) is 0 Å². The maximum absolute atomic E-state index is 12.0. The number of carbonyl (C=O) groups excluding carboxylic acids is 3. The molecule has 0 spiro atoms. The van der Waals surface area contributed by atoms with E-state index in [4.69, 9.17) is 14.2 Å². The maximum Gasteiger partial charge on any atom is 0.225 e. The molecule has 8 fully saturated rings. The van der Waals surface area contributed by atoms with Gasteiger partial charge < -0.3 is 58.3 Å². The molecule has 8 aliphatic rings. The highest BCUT2D eigenvalue weighted by Gasteiger charge is 2.32. The van der Waals surface area contributed by atoms with Crippen LogP contribution in [0.1, 0.15) is 214 Å². The van der Waals surface area contributed by atoms with Crippen LogP contribution in [0, 0.1) is 52.8 Å². The number of rotatable bonds is 25. The number of ether oxygens (including phenoxy) is 3. The third kappa shape index (κ3) is 33.6. The zero-order valence-corrected chi connectivity index (χ0v) is 63.8. The molecule has 0 unspecified atom stereocenters. The van der Waals surface area contributed by atoms with Gasteiger partial charge in [-0.3, -0.25) is 19.3 Å². The summed E-state index contributed by atoms with van der Waals surface area (Å²) in [6.45, 7) is 69.0. The van der Waals surface area contributed by atoms with Crippen LogP contribution in [-0.2, 0) is 28.6 Å². The maximum atomic E-state index is 12.0. The lowest BCUT2D eigenvalue weighted by molar-refractivity contribution is -0.138. The second-order valence-electron chi connectivity index (χ2n) is 33.8. The average Bonchev–Trinajstić information content (AvgIpc) is 1.54. The Morgan fingerprint density at radius 1 is 0.344 bits per heavy atom. The van der Waals surface area contributed by atoms with Gasteiger partial charge in [-0.1, -0.05) is 118 Å². The van der Waals surface area contributed by atoms with Gasteiger partial charge in [0.25, 0.3) is 0 Å². The molecule has 0 N–H and O–H groups in total. The molecule has 16 heteroatoms. The van der Waals surface area contributed by atoms with Gasteiger partial charge in [-0.2, -0.15) is 0 Å². The van der Waals surface area contributed by atoms with E-state index in [1.165, 1.54) is 188 Å². The first-order valence-corrected chi connectivity index (χ1v) is 39.0. The van der Waals surface area contributed by atoms with Gasteiger partial charge in [0, 0.05) is 181 Å². The van der Waals surface area contributed by atoms with Crippen molar-refractivity contribution in [1.82, 2.24) is 49.0 Å². The summed E-state index contributed by atoms with van der Waals surface area (Å²) in [7, 11) is 0. The SMILES string of the molecule is CC(C)CCCN1CCC(OC2CCN(C(=O)C(C)C)CC2)CC1.CC(C)CCN1CCC(OC2CCN(CC(C)(C)C)CC2)CC1.CC(C)CN1CCN(CC2CCN(C(=O)C(C)C)CC2)CC1.CC(C)CN1CCN(CCOC2CCN(C(=O)C(C)C)CC2)CC1. The quantitative estimate of drug-likeness (QED) is 0.0866. The van der Waals surface area contributed by atoms with Crippen LogP contribution in [0.25, 0.3) is 0 Å². The molecule has 8 saturated heterocycles. The van der Waals surface area contributed by atoms with Gasteiger partial charge >= 0.3 is 0 Å². The minimum Gasteiger partial charge on any atom is -0.377 e. The zero-order chi connectivity index (χ0) is 68.0. The molecule has 0 atom stereocenters. The van der Waals surface area contributed by atoms with E-state index >= 15 is 0 Å². The molecule has 8 heterocycles. The van der Waals surface area contributed by atoms with Crippen LogP contribution in [0.5, 0.6) is 0 Å². The van der Waals surface area contributed by atoms with Crippen molar-refractivity contribution in [2.24, 2.45) is 52.8 Å². The Morgan fingerprint density at radius 3 is 1.03 bits per heavy atom. The molecule has 0 bridgehead atoms. The lowest BCUT2D eigenvalue weighted by Crippen LogP contribution is -2.50. The van der Waals surface area contributed by atoms with Crippen molar-refractivity contribution in [3.05, 3.63) is 0 Å². The molecule has 0 aromatic rings. The number of piperidine rings is 6. The van der Waals surface area contributed by atoms with E-state index in [2.05, 4.69) is 115 Å². The van der Waals surface area contributed by atoms with Crippen molar-refractivity contribution in [3.63, 3.8) is 0 Å². The summed E-state index contributed by atoms with van der Waals surface area (Å²) in [5.41, 5.74) is 0.413. The number of hydrogen-bond acceptors (Lipinski definition) is 13. The van der Waals surface area contributed by atoms with Crippen molar-refractivity contribution in [3.8, 4) is 0 Å². The van der Waals surface area contributed by atoms with E-state index in [0.29, 0.717) is 47.7 Å². The number of nitrogens with zero attached hydrogens (tertiary/aromatic N) is 10. The predicted octanol–water partition coefficient (Wildman–Crippen LogP) is 11.7. The van der Waals surface area contributed by atoms with Crippen LogP contribution >= 0.6 is 0 Å². The lowest BCUT2D eigenvalue weighted by atomic mass is 9.94. The van der Waals surface area contributed by atoms with E-state index in [1.54, 1.807) is 0 Å². The van der Waals surface area contributed by atoms with Crippen molar-refractivity contribution < 1.29 is 28.6 Å². The number of piperazine rings is 2. The molecule has 0 aromatic carbocycles. The number of amides is 3. The van der Waals surface area contributed by atoms with Crippen LogP contribution in [0.3, 0.4) is 0 Å². The fraction of sp³-hybridized carbons (Fsp3) is 0.961. The van der Waals surface area contributed by atoms with Crippen LogP contribution in [0.2, 0.25) is 0 Å². The fourth-order valence-corrected chi connectivity index (χ4v) is 15.1. The van der Waals surface area contributed by atoms with Gasteiger partial charge in [0.1, 0.15) is 0 Å². The van der Waals surface area contributed by atoms with Gasteiger partial charge in [-0.05, 0) is 144 Å². The Bertz CT molecular complexity index is 1960. The van der Waals surface area contributed by atoms with E-state index in [9.17, 15) is 14.4 Å². The topological polar surface area (TPSA) is 111 Å². The zero-order valence-electron chi connectivity index (χ0n) is 63.8. The number of carbonyl (C=O) groups is 3. The van der Waals surface area contributed by atoms with Gasteiger partial charge in [0.15, 0.2) is 0 Å². The van der Waals surface area contributed by atoms with E-state index in [-0.39, 0.29) is 23.7 Å². The van der Waals surface area contributed by atoms with Crippen molar-refractivity contribution in [2.75, 3.05) is 183 Å². The third-order valence-corrected chi connectivity index (χ3v) is 20.7. The monoisotopic (exact) mass is 1310 g/mol. The summed E-state index contributed by atoms with van der Waals surface area (Å²) in [4.78, 5) is 60.3. The highest BCUT2D eigenvalue weighted by atomic mass is 16.5. The minimum absolute atomic E-state index is 0.108. The minimum atomic E-state index is 0.108. The first-order chi connectivity index (χ1) is 44.2. The summed E-state index contributed by atoms with van der Waals surface area (Å²) < 4.78 is 18.9. The second kappa shape index (κ2) is 43.5. The summed E-state index contributed by atoms with van der Waals surface area (Å²) in [5.74, 6) is 5.23. The highest BCUT2D eigenvalue weighted by molar-refractivity contribution is 5.79. The summed E-state index contributed by atoms with van der Waals surface area (Å²) >= 11 is 0. The van der Waals surface area contributed by atoms with Crippen LogP contribution in [0.15, 0.2) is 0 Å². The summed E-state index contributed by atoms with van der Waals surface area (Å²) in [6.07, 6.45) is 19.8. The van der Waals surface area contributed by atoms with Gasteiger partial charge in [-0.15, -0.1) is 0 Å². The Kier molecular flexibility index (Phi) is 38.2. The molecule has 0 radical (unpaired) electrons. The largest absolute Gasteiger partial charge is 0.377 e. The number of likely N-dealkylation sites (tertiary alicyclic amines) is 6. The molecule has 0 aromatic heterocycles. The van der Waals surface area contributed by atoms with Crippen molar-refractivity contribution in [1.29, 1.82) is 0 Å². The molecule has 3 amide bonds. The Hall–Kier alpha value is -1.99. The smallest absolute Gasteiger partial charge is 0.225 e. The third-order valence-electron chi connectivity index (χ3n) is 20.7. The first-order valence-electron chi connectivity index (χ1n) is 39.0. The molecule has 8 rings (SSSR count). The Labute approximate surface area is 573 Å². The second-order valence-corrected chi connectivity index (χ2v) is 33.8. The van der Waals surface area contributed by atoms with Crippen LogP contribution in [0.4, 0.5) is 0 Å². The highest BCUT2D eigenvalue weighted by Crippen LogP contribution is 2.27. The summed E-state index contributed by atoms with van der Waals surface area (Å²) in [6, 6.07) is 0. The Balaban J connectivity index is 0.000000225. The molecule has 0 aliphatic carbocycles. The molecular formula is C77H150N10O6. The normalized spacial score (nSPS) is 22.5. The average molecular weight is 1310 g/mol.